The Morgan fingerprint density at radius 1 is 1.26 bits per heavy atom. The van der Waals surface area contributed by atoms with Crippen molar-refractivity contribution < 1.29 is 9.53 Å². The summed E-state index contributed by atoms with van der Waals surface area (Å²) < 4.78 is 7.06. The van der Waals surface area contributed by atoms with Crippen molar-refractivity contribution in [2.24, 2.45) is 0 Å². The third-order valence-corrected chi connectivity index (χ3v) is 4.22. The molecule has 0 atom stereocenters. The highest BCUT2D eigenvalue weighted by atomic mass is 32.2. The molecular weight excluding hydrogens is 312 g/mol. The molecule has 0 fully saturated rings. The Kier molecular flexibility index (Phi) is 7.06. The van der Waals surface area contributed by atoms with Crippen molar-refractivity contribution in [3.63, 3.8) is 0 Å². The van der Waals surface area contributed by atoms with Gasteiger partial charge in [-0.15, -0.1) is 10.2 Å². The maximum Gasteiger partial charge on any atom is 0.305 e. The van der Waals surface area contributed by atoms with Crippen molar-refractivity contribution in [2.45, 2.75) is 44.8 Å². The first-order chi connectivity index (χ1) is 11.3. The summed E-state index contributed by atoms with van der Waals surface area (Å²) in [5, 5.41) is 9.52. The van der Waals surface area contributed by atoms with Crippen LogP contribution < -0.4 is 0 Å². The lowest BCUT2D eigenvalue weighted by atomic mass is 10.2. The van der Waals surface area contributed by atoms with Gasteiger partial charge in [0, 0.05) is 36.7 Å². The van der Waals surface area contributed by atoms with Gasteiger partial charge in [-0.2, -0.15) is 0 Å². The molecule has 0 radical (unpaired) electrons. The van der Waals surface area contributed by atoms with Gasteiger partial charge in [-0.1, -0.05) is 18.7 Å². The smallest absolute Gasteiger partial charge is 0.305 e. The maximum absolute atomic E-state index is 11.3. The molecule has 0 spiro atoms. The third kappa shape index (κ3) is 5.06. The van der Waals surface area contributed by atoms with Crippen molar-refractivity contribution >= 4 is 17.7 Å². The van der Waals surface area contributed by atoms with E-state index in [1.54, 1.807) is 24.2 Å². The van der Waals surface area contributed by atoms with E-state index in [9.17, 15) is 4.79 Å². The number of aromatic nitrogens is 4. The molecule has 0 saturated carbocycles. The van der Waals surface area contributed by atoms with Gasteiger partial charge in [0.2, 0.25) is 0 Å². The summed E-state index contributed by atoms with van der Waals surface area (Å²) in [5.74, 6) is 1.54. The van der Waals surface area contributed by atoms with Crippen LogP contribution in [0.25, 0.3) is 11.4 Å². The number of hydrogen-bond donors (Lipinski definition) is 0. The summed E-state index contributed by atoms with van der Waals surface area (Å²) in [4.78, 5) is 15.4. The van der Waals surface area contributed by atoms with Crippen molar-refractivity contribution in [2.75, 3.05) is 12.4 Å². The number of hydrogen-bond acceptors (Lipinski definition) is 6. The Balaban J connectivity index is 1.99. The van der Waals surface area contributed by atoms with Crippen LogP contribution in [0, 0.1) is 0 Å². The topological polar surface area (TPSA) is 69.9 Å². The van der Waals surface area contributed by atoms with Crippen LogP contribution >= 0.6 is 11.8 Å². The molecule has 0 aliphatic heterocycles. The second kappa shape index (κ2) is 9.29. The molecule has 0 aliphatic carbocycles. The number of nitrogens with zero attached hydrogens (tertiary/aromatic N) is 4. The molecule has 2 rings (SSSR count). The minimum Gasteiger partial charge on any atom is -0.466 e. The molecular formula is C16H22N4O2S. The average Bonchev–Trinajstić information content (AvgIpc) is 2.96. The van der Waals surface area contributed by atoms with Gasteiger partial charge in [0.05, 0.1) is 6.61 Å². The highest BCUT2D eigenvalue weighted by molar-refractivity contribution is 7.99. The zero-order valence-electron chi connectivity index (χ0n) is 13.6. The molecule has 0 amide bonds. The normalized spacial score (nSPS) is 10.7. The number of thioether (sulfide) groups is 1. The van der Waals surface area contributed by atoms with Gasteiger partial charge in [-0.25, -0.2) is 0 Å². The van der Waals surface area contributed by atoms with Crippen LogP contribution in [0.15, 0.2) is 29.7 Å². The fourth-order valence-electron chi connectivity index (χ4n) is 2.15. The molecule has 0 saturated heterocycles. The van der Waals surface area contributed by atoms with Crippen molar-refractivity contribution in [3.05, 3.63) is 24.5 Å². The molecule has 0 aromatic carbocycles. The Bertz CT molecular complexity index is 616. The molecule has 0 bridgehead atoms. The zero-order chi connectivity index (χ0) is 16.5. The van der Waals surface area contributed by atoms with E-state index >= 15 is 0 Å². The van der Waals surface area contributed by atoms with Gasteiger partial charge in [0.1, 0.15) is 0 Å². The van der Waals surface area contributed by atoms with Crippen molar-refractivity contribution in [1.29, 1.82) is 0 Å². The highest BCUT2D eigenvalue weighted by Crippen LogP contribution is 2.24. The van der Waals surface area contributed by atoms with Gasteiger partial charge in [-0.05, 0) is 31.9 Å². The largest absolute Gasteiger partial charge is 0.466 e. The van der Waals surface area contributed by atoms with E-state index in [1.165, 1.54) is 0 Å². The molecule has 124 valence electrons. The molecule has 7 heteroatoms. The van der Waals surface area contributed by atoms with Gasteiger partial charge in [-0.3, -0.25) is 9.78 Å². The average molecular weight is 334 g/mol. The summed E-state index contributed by atoms with van der Waals surface area (Å²) in [6.45, 7) is 5.25. The number of ether oxygens (including phenoxy) is 1. The summed E-state index contributed by atoms with van der Waals surface area (Å²) in [5.41, 5.74) is 1.01. The van der Waals surface area contributed by atoms with Crippen LogP contribution in [0.4, 0.5) is 0 Å². The van der Waals surface area contributed by atoms with E-state index in [0.717, 1.165) is 41.7 Å². The minimum atomic E-state index is -0.138. The van der Waals surface area contributed by atoms with Crippen LogP contribution in [-0.2, 0) is 16.1 Å². The Labute approximate surface area is 140 Å². The summed E-state index contributed by atoms with van der Waals surface area (Å²) in [6, 6.07) is 3.87. The lowest BCUT2D eigenvalue weighted by Crippen LogP contribution is -2.05. The van der Waals surface area contributed by atoms with Crippen LogP contribution in [0.2, 0.25) is 0 Å². The van der Waals surface area contributed by atoms with E-state index in [4.69, 9.17) is 4.74 Å². The summed E-state index contributed by atoms with van der Waals surface area (Å²) in [7, 11) is 0. The fraction of sp³-hybridized carbons (Fsp3) is 0.500. The molecule has 0 unspecified atom stereocenters. The first kappa shape index (κ1) is 17.5. The summed E-state index contributed by atoms with van der Waals surface area (Å²) in [6.07, 6.45) is 5.73. The fourth-order valence-corrected chi connectivity index (χ4v) is 3.05. The molecule has 2 heterocycles. The first-order valence-corrected chi connectivity index (χ1v) is 8.86. The highest BCUT2D eigenvalue weighted by Gasteiger charge is 2.13. The second-order valence-electron chi connectivity index (χ2n) is 4.95. The second-order valence-corrected chi connectivity index (χ2v) is 6.01. The number of rotatable bonds is 9. The van der Waals surface area contributed by atoms with Gasteiger partial charge < -0.3 is 9.30 Å². The van der Waals surface area contributed by atoms with Crippen LogP contribution in [0.3, 0.4) is 0 Å². The monoisotopic (exact) mass is 334 g/mol. The van der Waals surface area contributed by atoms with Gasteiger partial charge >= 0.3 is 5.97 Å². The number of carbonyl (C=O) groups is 1. The standard InChI is InChI=1S/C16H22N4O2S/c1-3-11-20-15(13-7-9-17-10-8-13)18-19-16(20)23-12-5-6-14(21)22-4-2/h7-10H,3-6,11-12H2,1-2H3. The minimum absolute atomic E-state index is 0.138. The Hall–Kier alpha value is -1.89. The Morgan fingerprint density at radius 3 is 2.74 bits per heavy atom. The zero-order valence-corrected chi connectivity index (χ0v) is 14.4. The lowest BCUT2D eigenvalue weighted by molar-refractivity contribution is -0.143. The number of esters is 1. The maximum atomic E-state index is 11.3. The number of pyridine rings is 1. The van der Waals surface area contributed by atoms with E-state index in [1.807, 2.05) is 19.1 Å². The summed E-state index contributed by atoms with van der Waals surface area (Å²) >= 11 is 1.63. The lowest BCUT2D eigenvalue weighted by Gasteiger charge is -2.08. The SMILES string of the molecule is CCCn1c(SCCCC(=O)OCC)nnc1-c1ccncc1. The van der Waals surface area contributed by atoms with Gasteiger partial charge in [0.25, 0.3) is 0 Å². The van der Waals surface area contributed by atoms with Gasteiger partial charge in [0.15, 0.2) is 11.0 Å². The first-order valence-electron chi connectivity index (χ1n) is 7.88. The van der Waals surface area contributed by atoms with Crippen molar-refractivity contribution in [1.82, 2.24) is 19.7 Å². The van der Waals surface area contributed by atoms with E-state index in [0.29, 0.717) is 13.0 Å². The van der Waals surface area contributed by atoms with Crippen LogP contribution in [-0.4, -0.2) is 38.1 Å². The van der Waals surface area contributed by atoms with E-state index < -0.39 is 0 Å². The van der Waals surface area contributed by atoms with Crippen LogP contribution in [0.5, 0.6) is 0 Å². The molecule has 23 heavy (non-hydrogen) atoms. The van der Waals surface area contributed by atoms with Crippen molar-refractivity contribution in [3.8, 4) is 11.4 Å². The Morgan fingerprint density at radius 2 is 2.04 bits per heavy atom. The third-order valence-electron chi connectivity index (χ3n) is 3.16. The van der Waals surface area contributed by atoms with Crippen LogP contribution in [0.1, 0.15) is 33.1 Å². The molecule has 2 aromatic heterocycles. The predicted molar refractivity (Wildman–Crippen MR) is 90.1 cm³/mol. The molecule has 6 nitrogen and oxygen atoms in total. The van der Waals surface area contributed by atoms with E-state index in [-0.39, 0.29) is 5.97 Å². The molecule has 2 aromatic rings. The molecule has 0 aliphatic rings. The van der Waals surface area contributed by atoms with E-state index in [2.05, 4.69) is 26.7 Å². The predicted octanol–water partition coefficient (Wildman–Crippen LogP) is 3.19. The quantitative estimate of drug-likeness (QED) is 0.398. The molecule has 0 N–H and O–H groups in total. The number of carbonyl (C=O) groups excluding carboxylic acids is 1.